The molecule has 1 aliphatic rings. The molecule has 0 radical (unpaired) electrons. The Kier molecular flexibility index (Phi) is 6.54. The fourth-order valence-corrected chi connectivity index (χ4v) is 5.55. The summed E-state index contributed by atoms with van der Waals surface area (Å²) in [6, 6.07) is 9.44. The van der Waals surface area contributed by atoms with Crippen LogP contribution in [0.5, 0.6) is 5.75 Å². The zero-order valence-corrected chi connectivity index (χ0v) is 21.5. The number of amides is 1. The summed E-state index contributed by atoms with van der Waals surface area (Å²) in [5.41, 5.74) is 4.69. The van der Waals surface area contributed by atoms with Crippen molar-refractivity contribution in [1.82, 2.24) is 4.98 Å². The zero-order valence-electron chi connectivity index (χ0n) is 21.5. The number of unbranched alkanes of at least 4 members (excludes halogenated alkanes) is 2. The number of benzene rings is 2. The van der Waals surface area contributed by atoms with E-state index in [9.17, 15) is 14.7 Å². The van der Waals surface area contributed by atoms with Crippen molar-refractivity contribution in [3.8, 4) is 5.75 Å². The molecule has 7 heteroatoms. The molecule has 0 saturated carbocycles. The predicted octanol–water partition coefficient (Wildman–Crippen LogP) is 6.77. The minimum Gasteiger partial charge on any atom is -0.506 e. The van der Waals surface area contributed by atoms with Gasteiger partial charge < -0.3 is 24.1 Å². The fourth-order valence-electron chi connectivity index (χ4n) is 5.55. The molecule has 192 valence electrons. The molecule has 4 aromatic rings. The van der Waals surface area contributed by atoms with Crippen LogP contribution in [0.25, 0.3) is 21.9 Å². The van der Waals surface area contributed by atoms with Crippen molar-refractivity contribution in [2.24, 2.45) is 0 Å². The third-order valence-electron chi connectivity index (χ3n) is 7.31. The number of fused-ring (bicyclic) bond motifs is 4. The number of aromatic hydroxyl groups is 1. The molecule has 1 aliphatic heterocycles. The van der Waals surface area contributed by atoms with Crippen LogP contribution in [-0.2, 0) is 11.2 Å². The molecular weight excluding hydrogens is 468 g/mol. The minimum atomic E-state index is -0.495. The Hall–Kier alpha value is -4.00. The number of carbonyl (C=O) groups excluding carboxylic acids is 2. The number of nitrogens with zero attached hydrogens (tertiary/aromatic N) is 1. The molecule has 0 fully saturated rings. The maximum absolute atomic E-state index is 13.8. The van der Waals surface area contributed by atoms with Gasteiger partial charge in [0.25, 0.3) is 5.91 Å². The Labute approximate surface area is 215 Å². The van der Waals surface area contributed by atoms with Crippen LogP contribution in [0.4, 0.5) is 5.69 Å². The summed E-state index contributed by atoms with van der Waals surface area (Å²) in [5.74, 6) is -0.685. The number of aromatic amines is 1. The van der Waals surface area contributed by atoms with Crippen molar-refractivity contribution < 1.29 is 23.8 Å². The number of H-pyrrole nitrogens is 1. The van der Waals surface area contributed by atoms with Gasteiger partial charge in [-0.2, -0.15) is 0 Å². The van der Waals surface area contributed by atoms with E-state index >= 15 is 0 Å². The number of hydrogen-bond acceptors (Lipinski definition) is 5. The lowest BCUT2D eigenvalue weighted by molar-refractivity contribution is 0.0602. The highest BCUT2D eigenvalue weighted by atomic mass is 16.5. The number of aryl methyl sites for hydroxylation is 2. The van der Waals surface area contributed by atoms with Crippen LogP contribution in [0.15, 0.2) is 47.4 Å². The molecule has 37 heavy (non-hydrogen) atoms. The Morgan fingerprint density at radius 2 is 2.08 bits per heavy atom. The van der Waals surface area contributed by atoms with Crippen LogP contribution < -0.4 is 4.90 Å². The highest BCUT2D eigenvalue weighted by Gasteiger charge is 2.38. The number of anilines is 1. The first-order chi connectivity index (χ1) is 17.9. The number of rotatable bonds is 8. The van der Waals surface area contributed by atoms with Gasteiger partial charge in [0.05, 0.1) is 23.9 Å². The number of carbonyl (C=O) groups is 2. The molecule has 2 N–H and O–H groups in total. The Balaban J connectivity index is 1.58. The first-order valence-corrected chi connectivity index (χ1v) is 12.8. The van der Waals surface area contributed by atoms with Crippen molar-refractivity contribution in [2.75, 3.05) is 18.6 Å². The second-order valence-corrected chi connectivity index (χ2v) is 9.77. The number of hydrogen-bond donors (Lipinski definition) is 2. The molecule has 3 heterocycles. The van der Waals surface area contributed by atoms with Gasteiger partial charge >= 0.3 is 5.97 Å². The van der Waals surface area contributed by atoms with Gasteiger partial charge in [0, 0.05) is 35.0 Å². The lowest BCUT2D eigenvalue weighted by Gasteiger charge is -2.16. The lowest BCUT2D eigenvalue weighted by atomic mass is 9.92. The summed E-state index contributed by atoms with van der Waals surface area (Å²) in [5, 5.41) is 12.4. The van der Waals surface area contributed by atoms with E-state index in [4.69, 9.17) is 9.15 Å². The summed E-state index contributed by atoms with van der Waals surface area (Å²) in [7, 11) is 1.33. The van der Waals surface area contributed by atoms with E-state index in [2.05, 4.69) is 30.6 Å². The molecule has 0 unspecified atom stereocenters. The van der Waals surface area contributed by atoms with Gasteiger partial charge in [-0.1, -0.05) is 31.9 Å². The normalized spacial score (nSPS) is 14.9. The number of ether oxygens (including phenoxy) is 1. The highest BCUT2D eigenvalue weighted by molar-refractivity contribution is 6.14. The molecule has 2 aromatic heterocycles. The number of phenolic OH excluding ortho intramolecular Hbond substituents is 1. The van der Waals surface area contributed by atoms with Crippen molar-refractivity contribution in [3.63, 3.8) is 0 Å². The van der Waals surface area contributed by atoms with Crippen LogP contribution in [-0.4, -0.2) is 35.6 Å². The first kappa shape index (κ1) is 24.7. The number of nitrogens with one attached hydrogen (secondary N) is 1. The number of aromatic nitrogens is 1. The van der Waals surface area contributed by atoms with Crippen LogP contribution in [0, 0.1) is 6.92 Å². The van der Waals surface area contributed by atoms with Crippen molar-refractivity contribution >= 4 is 39.4 Å². The molecule has 7 nitrogen and oxygen atoms in total. The van der Waals surface area contributed by atoms with Crippen LogP contribution in [0.1, 0.15) is 76.3 Å². The first-order valence-electron chi connectivity index (χ1n) is 12.8. The second-order valence-electron chi connectivity index (χ2n) is 9.77. The SMILES string of the molecule is C=CC[C@@H]1CN(C(=O)c2cc3cc(CCCCC)ccc3o2)c2cc(O)c3[nH]c(C)c(C(=O)OC)c3c21. The summed E-state index contributed by atoms with van der Waals surface area (Å²) in [6.07, 6.45) is 6.89. The van der Waals surface area contributed by atoms with Gasteiger partial charge in [-0.05, 0) is 55.5 Å². The van der Waals surface area contributed by atoms with Gasteiger partial charge in [0.2, 0.25) is 0 Å². The van der Waals surface area contributed by atoms with Crippen molar-refractivity contribution in [3.05, 3.63) is 71.1 Å². The van der Waals surface area contributed by atoms with Gasteiger partial charge in [-0.15, -0.1) is 6.58 Å². The Morgan fingerprint density at radius 3 is 2.81 bits per heavy atom. The van der Waals surface area contributed by atoms with E-state index in [0.29, 0.717) is 46.4 Å². The van der Waals surface area contributed by atoms with E-state index in [1.807, 2.05) is 6.07 Å². The summed E-state index contributed by atoms with van der Waals surface area (Å²) in [4.78, 5) is 31.2. The average Bonchev–Trinajstić information content (AvgIpc) is 3.57. The number of phenols is 1. The minimum absolute atomic E-state index is 0.0367. The number of esters is 1. The number of allylic oxidation sites excluding steroid dienone is 1. The predicted molar refractivity (Wildman–Crippen MR) is 145 cm³/mol. The van der Waals surface area contributed by atoms with Gasteiger partial charge in [0.15, 0.2) is 5.76 Å². The van der Waals surface area contributed by atoms with Crippen molar-refractivity contribution in [2.45, 2.75) is 51.9 Å². The molecule has 2 aromatic carbocycles. The van der Waals surface area contributed by atoms with Crippen molar-refractivity contribution in [1.29, 1.82) is 0 Å². The van der Waals surface area contributed by atoms with E-state index in [1.54, 1.807) is 30.0 Å². The van der Waals surface area contributed by atoms with E-state index in [-0.39, 0.29) is 23.3 Å². The maximum atomic E-state index is 13.8. The Bertz CT molecular complexity index is 1530. The van der Waals surface area contributed by atoms with E-state index < -0.39 is 5.97 Å². The van der Waals surface area contributed by atoms with Crippen LogP contribution in [0.3, 0.4) is 0 Å². The smallest absolute Gasteiger partial charge is 0.340 e. The molecule has 1 atom stereocenters. The monoisotopic (exact) mass is 500 g/mol. The standard InChI is InChI=1S/C30H32N2O5/c1-5-7-8-10-18-11-12-23-20(13-18)14-24(37-23)29(34)32-16-19(9-6-2)26-21(32)15-22(33)28-27(26)25(17(3)31-28)30(35)36-4/h6,11-15,19,31,33H,2,5,7-10,16H2,1,3-4H3/t19-/m1/s1. The molecule has 0 aliphatic carbocycles. The number of furan rings is 1. The second kappa shape index (κ2) is 9.81. The topological polar surface area (TPSA) is 95.8 Å². The van der Waals surface area contributed by atoms with Gasteiger partial charge in [-0.25, -0.2) is 4.79 Å². The third-order valence-corrected chi connectivity index (χ3v) is 7.31. The van der Waals surface area contributed by atoms with Gasteiger partial charge in [0.1, 0.15) is 11.3 Å². The molecule has 5 rings (SSSR count). The quantitative estimate of drug-likeness (QED) is 0.158. The Morgan fingerprint density at radius 1 is 1.27 bits per heavy atom. The largest absolute Gasteiger partial charge is 0.506 e. The highest BCUT2D eigenvalue weighted by Crippen LogP contribution is 2.48. The molecule has 0 spiro atoms. The summed E-state index contributed by atoms with van der Waals surface area (Å²) < 4.78 is 11.0. The van der Waals surface area contributed by atoms with E-state index in [0.717, 1.165) is 23.8 Å². The fraction of sp³-hybridized carbons (Fsp3) is 0.333. The van der Waals surface area contributed by atoms with Crippen LogP contribution in [0.2, 0.25) is 0 Å². The third kappa shape index (κ3) is 4.18. The summed E-state index contributed by atoms with van der Waals surface area (Å²) >= 11 is 0. The van der Waals surface area contributed by atoms with E-state index in [1.165, 1.54) is 25.5 Å². The molecular formula is C30H32N2O5. The molecule has 1 amide bonds. The van der Waals surface area contributed by atoms with Crippen LogP contribution >= 0.6 is 0 Å². The lowest BCUT2D eigenvalue weighted by Crippen LogP contribution is -2.29. The van der Waals surface area contributed by atoms with Gasteiger partial charge in [-0.3, -0.25) is 4.79 Å². The molecule has 0 bridgehead atoms. The number of methoxy groups -OCH3 is 1. The summed E-state index contributed by atoms with van der Waals surface area (Å²) in [6.45, 7) is 8.23. The molecule has 0 saturated heterocycles. The zero-order chi connectivity index (χ0) is 26.3. The average molecular weight is 501 g/mol. The maximum Gasteiger partial charge on any atom is 0.340 e.